The average Bonchev–Trinajstić information content (AvgIpc) is 3.32. The monoisotopic (exact) mass is 415 g/mol. The van der Waals surface area contributed by atoms with E-state index in [1.165, 1.54) is 12.8 Å². The second-order valence-electron chi connectivity index (χ2n) is 4.96. The van der Waals surface area contributed by atoms with Crippen molar-refractivity contribution in [2.75, 3.05) is 19.5 Å². The van der Waals surface area contributed by atoms with Crippen LogP contribution >= 0.6 is 34.2 Å². The summed E-state index contributed by atoms with van der Waals surface area (Å²) in [7, 11) is 3.51. The van der Waals surface area contributed by atoms with E-state index in [-0.39, 0.29) is 0 Å². The molecule has 1 aromatic carbocycles. The molecule has 0 aliphatic heterocycles. The van der Waals surface area contributed by atoms with Crippen molar-refractivity contribution in [2.45, 2.75) is 18.8 Å². The average molecular weight is 416 g/mol. The first-order valence-electron chi connectivity index (χ1n) is 6.73. The van der Waals surface area contributed by atoms with Crippen LogP contribution in [0.4, 0.5) is 5.82 Å². The smallest absolute Gasteiger partial charge is 0.165 e. The Hall–Kier alpha value is -1.08. The van der Waals surface area contributed by atoms with Gasteiger partial charge in [0.2, 0.25) is 0 Å². The molecule has 1 aromatic heterocycles. The number of halogens is 2. The molecular formula is C15H15ClIN3O. The fourth-order valence-electron chi connectivity index (χ4n) is 2.23. The van der Waals surface area contributed by atoms with Gasteiger partial charge < -0.3 is 10.1 Å². The molecule has 1 aliphatic carbocycles. The molecule has 0 spiro atoms. The second-order valence-corrected chi connectivity index (χ2v) is 6.48. The molecule has 21 heavy (non-hydrogen) atoms. The zero-order chi connectivity index (χ0) is 15.0. The highest BCUT2D eigenvalue weighted by atomic mass is 127. The number of nitrogens with one attached hydrogen (secondary N) is 1. The number of hydrogen-bond acceptors (Lipinski definition) is 4. The number of nitrogens with zero attached hydrogens (tertiary/aromatic N) is 2. The largest absolute Gasteiger partial charge is 0.496 e. The fourth-order valence-corrected chi connectivity index (χ4v) is 3.34. The lowest BCUT2D eigenvalue weighted by atomic mass is 10.1. The number of rotatable bonds is 4. The van der Waals surface area contributed by atoms with Gasteiger partial charge in [0.25, 0.3) is 0 Å². The number of hydrogen-bond donors (Lipinski definition) is 1. The number of benzene rings is 1. The number of methoxy groups -OCH3 is 1. The van der Waals surface area contributed by atoms with Crippen molar-refractivity contribution in [3.8, 4) is 17.1 Å². The topological polar surface area (TPSA) is 47.0 Å². The van der Waals surface area contributed by atoms with Gasteiger partial charge in [-0.15, -0.1) is 0 Å². The summed E-state index contributed by atoms with van der Waals surface area (Å²) in [5.41, 5.74) is 1.98. The van der Waals surface area contributed by atoms with Gasteiger partial charge in [-0.1, -0.05) is 11.6 Å². The zero-order valence-corrected chi connectivity index (χ0v) is 14.7. The molecule has 0 unspecified atom stereocenters. The molecule has 0 amide bonds. The van der Waals surface area contributed by atoms with Crippen LogP contribution in [0.1, 0.15) is 24.5 Å². The van der Waals surface area contributed by atoms with Crippen molar-refractivity contribution < 1.29 is 4.74 Å². The lowest BCUT2D eigenvalue weighted by molar-refractivity contribution is 0.416. The van der Waals surface area contributed by atoms with Gasteiger partial charge in [0.05, 0.1) is 21.9 Å². The third kappa shape index (κ3) is 2.94. The molecule has 0 bridgehead atoms. The molecule has 4 nitrogen and oxygen atoms in total. The molecule has 1 aliphatic rings. The molecule has 0 atom stereocenters. The maximum absolute atomic E-state index is 6.02. The highest BCUT2D eigenvalue weighted by Crippen LogP contribution is 2.43. The fraction of sp³-hybridized carbons (Fsp3) is 0.333. The van der Waals surface area contributed by atoms with Gasteiger partial charge >= 0.3 is 0 Å². The molecule has 0 saturated heterocycles. The number of anilines is 1. The van der Waals surface area contributed by atoms with Gasteiger partial charge in [-0.2, -0.15) is 0 Å². The Morgan fingerprint density at radius 3 is 2.71 bits per heavy atom. The van der Waals surface area contributed by atoms with E-state index in [9.17, 15) is 0 Å². The van der Waals surface area contributed by atoms with Crippen LogP contribution in [0.3, 0.4) is 0 Å². The van der Waals surface area contributed by atoms with Crippen molar-refractivity contribution in [1.29, 1.82) is 0 Å². The van der Waals surface area contributed by atoms with E-state index in [2.05, 4.69) is 32.9 Å². The van der Waals surface area contributed by atoms with Crippen molar-refractivity contribution >= 4 is 40.0 Å². The minimum atomic E-state index is 0.559. The normalized spacial score (nSPS) is 14.1. The van der Waals surface area contributed by atoms with Crippen LogP contribution in [0.25, 0.3) is 11.4 Å². The van der Waals surface area contributed by atoms with E-state index in [1.807, 2.05) is 19.2 Å². The Balaban J connectivity index is 2.16. The minimum Gasteiger partial charge on any atom is -0.496 e. The van der Waals surface area contributed by atoms with Crippen molar-refractivity contribution in [3.63, 3.8) is 0 Å². The van der Waals surface area contributed by atoms with Crippen LogP contribution in [-0.4, -0.2) is 24.1 Å². The highest BCUT2D eigenvalue weighted by molar-refractivity contribution is 14.1. The third-order valence-corrected chi connectivity index (χ3v) is 4.78. The number of aromatic nitrogens is 2. The first kappa shape index (κ1) is 14.8. The summed E-state index contributed by atoms with van der Waals surface area (Å²) >= 11 is 8.34. The van der Waals surface area contributed by atoms with Crippen LogP contribution in [0.15, 0.2) is 18.2 Å². The first-order valence-corrected chi connectivity index (χ1v) is 8.18. The summed E-state index contributed by atoms with van der Waals surface area (Å²) in [5, 5.41) is 3.79. The second kappa shape index (κ2) is 5.96. The Morgan fingerprint density at radius 1 is 1.33 bits per heavy atom. The van der Waals surface area contributed by atoms with Crippen LogP contribution in [0.5, 0.6) is 5.75 Å². The Bertz CT molecular complexity index is 689. The van der Waals surface area contributed by atoms with E-state index in [1.54, 1.807) is 13.2 Å². The standard InChI is InChI=1S/C15H15ClIN3O/c1-18-15-12(17)13(8-3-4-8)19-14(20-15)10-6-5-9(16)7-11(10)21-2/h5-8H,3-4H2,1-2H3,(H,18,19,20). The van der Waals surface area contributed by atoms with E-state index in [0.29, 0.717) is 22.5 Å². The van der Waals surface area contributed by atoms with Gasteiger partial charge in [-0.3, -0.25) is 0 Å². The highest BCUT2D eigenvalue weighted by Gasteiger charge is 2.29. The van der Waals surface area contributed by atoms with E-state index in [0.717, 1.165) is 20.6 Å². The van der Waals surface area contributed by atoms with Gasteiger partial charge in [-0.05, 0) is 53.6 Å². The lowest BCUT2D eigenvalue weighted by Gasteiger charge is -2.13. The van der Waals surface area contributed by atoms with Gasteiger partial charge in [0, 0.05) is 18.0 Å². The molecular weight excluding hydrogens is 401 g/mol. The third-order valence-electron chi connectivity index (χ3n) is 3.48. The summed E-state index contributed by atoms with van der Waals surface area (Å²) in [4.78, 5) is 9.39. The molecule has 110 valence electrons. The summed E-state index contributed by atoms with van der Waals surface area (Å²) in [5.74, 6) is 2.78. The summed E-state index contributed by atoms with van der Waals surface area (Å²) in [6.45, 7) is 0. The Morgan fingerprint density at radius 2 is 2.10 bits per heavy atom. The van der Waals surface area contributed by atoms with Crippen LogP contribution in [0, 0.1) is 3.57 Å². The molecule has 6 heteroatoms. The molecule has 1 heterocycles. The van der Waals surface area contributed by atoms with Crippen molar-refractivity contribution in [3.05, 3.63) is 32.5 Å². The van der Waals surface area contributed by atoms with Gasteiger partial charge in [-0.25, -0.2) is 9.97 Å². The van der Waals surface area contributed by atoms with Crippen molar-refractivity contribution in [2.24, 2.45) is 0 Å². The quantitative estimate of drug-likeness (QED) is 0.755. The molecule has 2 aromatic rings. The van der Waals surface area contributed by atoms with E-state index >= 15 is 0 Å². The first-order chi connectivity index (χ1) is 10.1. The van der Waals surface area contributed by atoms with E-state index in [4.69, 9.17) is 21.3 Å². The summed E-state index contributed by atoms with van der Waals surface area (Å²) < 4.78 is 6.52. The lowest BCUT2D eigenvalue weighted by Crippen LogP contribution is -2.05. The number of ether oxygens (including phenoxy) is 1. The molecule has 1 N–H and O–H groups in total. The van der Waals surface area contributed by atoms with Crippen LogP contribution in [-0.2, 0) is 0 Å². The Labute approximate surface area is 142 Å². The van der Waals surface area contributed by atoms with Crippen LogP contribution < -0.4 is 10.1 Å². The molecule has 3 rings (SSSR count). The minimum absolute atomic E-state index is 0.559. The molecule has 1 saturated carbocycles. The van der Waals surface area contributed by atoms with Gasteiger partial charge in [0.1, 0.15) is 11.6 Å². The summed E-state index contributed by atoms with van der Waals surface area (Å²) in [6, 6.07) is 5.52. The van der Waals surface area contributed by atoms with Crippen molar-refractivity contribution in [1.82, 2.24) is 9.97 Å². The van der Waals surface area contributed by atoms with E-state index < -0.39 is 0 Å². The predicted octanol–water partition coefficient (Wildman–Crippen LogP) is 4.33. The Kier molecular flexibility index (Phi) is 4.21. The maximum Gasteiger partial charge on any atom is 0.165 e. The molecule has 0 radical (unpaired) electrons. The SMILES string of the molecule is CNc1nc(-c2ccc(Cl)cc2OC)nc(C2CC2)c1I. The van der Waals surface area contributed by atoms with Gasteiger partial charge in [0.15, 0.2) is 5.82 Å². The van der Waals surface area contributed by atoms with Crippen LogP contribution in [0.2, 0.25) is 5.02 Å². The maximum atomic E-state index is 6.02. The zero-order valence-electron chi connectivity index (χ0n) is 11.8. The predicted molar refractivity (Wildman–Crippen MR) is 93.3 cm³/mol. The summed E-state index contributed by atoms with van der Waals surface area (Å²) in [6.07, 6.45) is 2.40. The molecule has 1 fully saturated rings.